The Balaban J connectivity index is 2.31. The van der Waals surface area contributed by atoms with Gasteiger partial charge >= 0.3 is 0 Å². The van der Waals surface area contributed by atoms with Gasteiger partial charge in [-0.05, 0) is 17.7 Å². The summed E-state index contributed by atoms with van der Waals surface area (Å²) in [6.07, 6.45) is 4.25. The van der Waals surface area contributed by atoms with Crippen molar-refractivity contribution in [1.29, 1.82) is 5.26 Å². The lowest BCUT2D eigenvalue weighted by atomic mass is 10.2. The van der Waals surface area contributed by atoms with Crippen molar-refractivity contribution >= 4 is 27.6 Å². The monoisotopic (exact) mass is 200 g/mol. The largest absolute Gasteiger partial charge is 0.245 e. The van der Waals surface area contributed by atoms with Crippen molar-refractivity contribution in [3.05, 3.63) is 35.3 Å². The highest BCUT2D eigenvalue weighted by atomic mass is 32.1. The summed E-state index contributed by atoms with van der Waals surface area (Å²) >= 11 is 1.64. The molecule has 0 radical (unpaired) electrons. The van der Waals surface area contributed by atoms with Gasteiger partial charge in [-0.15, -0.1) is 11.3 Å². The molecule has 0 aliphatic heterocycles. The van der Waals surface area contributed by atoms with E-state index in [9.17, 15) is 0 Å². The first kappa shape index (κ1) is 8.92. The summed E-state index contributed by atoms with van der Waals surface area (Å²) in [7, 11) is 0. The van der Waals surface area contributed by atoms with E-state index < -0.39 is 0 Å². The molecule has 1 heterocycles. The summed E-state index contributed by atoms with van der Waals surface area (Å²) in [5.74, 6) is 0. The van der Waals surface area contributed by atoms with E-state index >= 15 is 0 Å². The number of nitrogens with zero attached hydrogens (tertiary/aromatic N) is 2. The van der Waals surface area contributed by atoms with Gasteiger partial charge in [-0.3, -0.25) is 0 Å². The van der Waals surface area contributed by atoms with Crippen LogP contribution in [0.5, 0.6) is 0 Å². The number of aromatic nitrogens is 1. The summed E-state index contributed by atoms with van der Waals surface area (Å²) in [6.45, 7) is 0. The van der Waals surface area contributed by atoms with E-state index in [-0.39, 0.29) is 0 Å². The van der Waals surface area contributed by atoms with E-state index in [1.165, 1.54) is 4.70 Å². The van der Waals surface area contributed by atoms with Gasteiger partial charge in [-0.25, -0.2) is 4.98 Å². The Hall–Kier alpha value is -1.66. The van der Waals surface area contributed by atoms with Gasteiger partial charge in [0.2, 0.25) is 0 Å². The number of nitriles is 1. The van der Waals surface area contributed by atoms with Crippen molar-refractivity contribution < 1.29 is 0 Å². The second-order valence-corrected chi connectivity index (χ2v) is 3.73. The lowest BCUT2D eigenvalue weighted by molar-refractivity contribution is 1.36. The average Bonchev–Trinajstić information content (AvgIpc) is 2.65. The third kappa shape index (κ3) is 1.81. The third-order valence-electron chi connectivity index (χ3n) is 1.87. The van der Waals surface area contributed by atoms with Crippen LogP contribution in [0.2, 0.25) is 0 Å². The Labute approximate surface area is 86.1 Å². The average molecular weight is 200 g/mol. The van der Waals surface area contributed by atoms with Gasteiger partial charge < -0.3 is 0 Å². The second kappa shape index (κ2) is 4.03. The standard InChI is InChI=1S/C11H8N2S/c12-6-2-1-3-9-4-5-11-10(7-9)13-8-14-11/h1,3-5,7-8H,2H2. The molecule has 3 heteroatoms. The highest BCUT2D eigenvalue weighted by Gasteiger charge is 1.95. The van der Waals surface area contributed by atoms with E-state index in [0.29, 0.717) is 6.42 Å². The quantitative estimate of drug-likeness (QED) is 0.746. The van der Waals surface area contributed by atoms with Crippen LogP contribution in [-0.2, 0) is 0 Å². The molecule has 0 aliphatic carbocycles. The van der Waals surface area contributed by atoms with Crippen LogP contribution in [0.1, 0.15) is 12.0 Å². The maximum Gasteiger partial charge on any atom is 0.0817 e. The molecule has 0 saturated heterocycles. The summed E-state index contributed by atoms with van der Waals surface area (Å²) in [5, 5.41) is 8.37. The molecular weight excluding hydrogens is 192 g/mol. The normalized spacial score (nSPS) is 10.8. The van der Waals surface area contributed by atoms with Crippen molar-refractivity contribution in [3.63, 3.8) is 0 Å². The molecular formula is C11H8N2S. The molecule has 1 aromatic heterocycles. The van der Waals surface area contributed by atoms with Crippen molar-refractivity contribution in [2.24, 2.45) is 0 Å². The molecule has 0 N–H and O–H groups in total. The van der Waals surface area contributed by atoms with Crippen LogP contribution in [0.4, 0.5) is 0 Å². The fourth-order valence-electron chi connectivity index (χ4n) is 1.23. The minimum Gasteiger partial charge on any atom is -0.245 e. The smallest absolute Gasteiger partial charge is 0.0817 e. The van der Waals surface area contributed by atoms with E-state index in [1.807, 2.05) is 29.8 Å². The Kier molecular flexibility index (Phi) is 2.57. The fraction of sp³-hybridized carbons (Fsp3) is 0.0909. The number of hydrogen-bond acceptors (Lipinski definition) is 3. The topological polar surface area (TPSA) is 36.7 Å². The zero-order valence-electron chi connectivity index (χ0n) is 7.47. The Morgan fingerprint density at radius 2 is 2.43 bits per heavy atom. The predicted molar refractivity (Wildman–Crippen MR) is 58.9 cm³/mol. The first-order valence-electron chi connectivity index (χ1n) is 4.27. The third-order valence-corrected chi connectivity index (χ3v) is 2.68. The Morgan fingerprint density at radius 3 is 3.29 bits per heavy atom. The van der Waals surface area contributed by atoms with Gasteiger partial charge in [-0.2, -0.15) is 5.26 Å². The summed E-state index contributed by atoms with van der Waals surface area (Å²) in [5.41, 5.74) is 3.96. The fourth-order valence-corrected chi connectivity index (χ4v) is 1.89. The molecule has 0 amide bonds. The zero-order valence-corrected chi connectivity index (χ0v) is 8.29. The summed E-state index contributed by atoms with van der Waals surface area (Å²) in [6, 6.07) is 8.19. The Bertz CT molecular complexity index is 505. The van der Waals surface area contributed by atoms with Gasteiger partial charge in [0.05, 0.1) is 28.2 Å². The highest BCUT2D eigenvalue weighted by molar-refractivity contribution is 7.16. The lowest BCUT2D eigenvalue weighted by Crippen LogP contribution is -1.72. The minimum absolute atomic E-state index is 0.453. The van der Waals surface area contributed by atoms with Crippen LogP contribution in [0, 0.1) is 11.3 Å². The van der Waals surface area contributed by atoms with Crippen molar-refractivity contribution in [3.8, 4) is 6.07 Å². The number of allylic oxidation sites excluding steroid dienone is 1. The minimum atomic E-state index is 0.453. The highest BCUT2D eigenvalue weighted by Crippen LogP contribution is 2.19. The van der Waals surface area contributed by atoms with Gasteiger partial charge in [0, 0.05) is 0 Å². The van der Waals surface area contributed by atoms with Gasteiger partial charge in [0.15, 0.2) is 0 Å². The second-order valence-electron chi connectivity index (χ2n) is 2.84. The molecule has 68 valence electrons. The SMILES string of the molecule is N#CCC=Cc1ccc2scnc2c1. The van der Waals surface area contributed by atoms with Crippen LogP contribution < -0.4 is 0 Å². The molecule has 0 saturated carbocycles. The number of rotatable bonds is 2. The molecule has 0 spiro atoms. The maximum absolute atomic E-state index is 8.37. The molecule has 0 bridgehead atoms. The number of thiazole rings is 1. The van der Waals surface area contributed by atoms with Gasteiger partial charge in [0.25, 0.3) is 0 Å². The molecule has 2 aromatic rings. The molecule has 2 rings (SSSR count). The van der Waals surface area contributed by atoms with Crippen molar-refractivity contribution in [1.82, 2.24) is 4.98 Å². The number of fused-ring (bicyclic) bond motifs is 1. The van der Waals surface area contributed by atoms with Crippen LogP contribution in [0.25, 0.3) is 16.3 Å². The molecule has 0 fully saturated rings. The molecule has 0 atom stereocenters. The predicted octanol–water partition coefficient (Wildman–Crippen LogP) is 3.22. The molecule has 14 heavy (non-hydrogen) atoms. The van der Waals surface area contributed by atoms with E-state index in [2.05, 4.69) is 17.1 Å². The molecule has 0 aliphatic rings. The molecule has 1 aromatic carbocycles. The van der Waals surface area contributed by atoms with Crippen LogP contribution >= 0.6 is 11.3 Å². The number of benzene rings is 1. The number of hydrogen-bond donors (Lipinski definition) is 0. The van der Waals surface area contributed by atoms with Crippen LogP contribution in [-0.4, -0.2) is 4.98 Å². The summed E-state index contributed by atoms with van der Waals surface area (Å²) < 4.78 is 1.20. The summed E-state index contributed by atoms with van der Waals surface area (Å²) in [4.78, 5) is 4.23. The maximum atomic E-state index is 8.37. The molecule has 0 unspecified atom stereocenters. The molecule has 2 nitrogen and oxygen atoms in total. The van der Waals surface area contributed by atoms with Crippen LogP contribution in [0.3, 0.4) is 0 Å². The first-order chi connectivity index (χ1) is 6.90. The van der Waals surface area contributed by atoms with Crippen molar-refractivity contribution in [2.45, 2.75) is 6.42 Å². The van der Waals surface area contributed by atoms with Gasteiger partial charge in [0.1, 0.15) is 0 Å². The van der Waals surface area contributed by atoms with Gasteiger partial charge in [-0.1, -0.05) is 18.2 Å². The first-order valence-corrected chi connectivity index (χ1v) is 5.15. The van der Waals surface area contributed by atoms with Crippen LogP contribution in [0.15, 0.2) is 29.8 Å². The Morgan fingerprint density at radius 1 is 1.50 bits per heavy atom. The van der Waals surface area contributed by atoms with E-state index in [0.717, 1.165) is 11.1 Å². The lowest BCUT2D eigenvalue weighted by Gasteiger charge is -1.91. The van der Waals surface area contributed by atoms with Crippen molar-refractivity contribution in [2.75, 3.05) is 0 Å². The zero-order chi connectivity index (χ0) is 9.80. The van der Waals surface area contributed by atoms with E-state index in [1.54, 1.807) is 11.3 Å². The van der Waals surface area contributed by atoms with E-state index in [4.69, 9.17) is 5.26 Å².